The summed E-state index contributed by atoms with van der Waals surface area (Å²) in [5.41, 5.74) is 1.58. The molecule has 12 heteroatoms. The summed E-state index contributed by atoms with van der Waals surface area (Å²) < 4.78 is 32.1. The minimum atomic E-state index is -3.55. The molecule has 11 nitrogen and oxygen atoms in total. The molecule has 0 unspecified atom stereocenters. The number of sulfonamides is 1. The molecule has 0 radical (unpaired) electrons. The van der Waals surface area contributed by atoms with Gasteiger partial charge in [-0.15, -0.1) is 0 Å². The maximum absolute atomic E-state index is 12.7. The number of aromatic nitrogens is 3. The lowest BCUT2D eigenvalue weighted by molar-refractivity contribution is 0.0730. The van der Waals surface area contributed by atoms with Crippen molar-refractivity contribution in [1.29, 1.82) is 0 Å². The van der Waals surface area contributed by atoms with E-state index < -0.39 is 10.0 Å². The van der Waals surface area contributed by atoms with Gasteiger partial charge in [0.2, 0.25) is 10.0 Å². The molecule has 0 spiro atoms. The van der Waals surface area contributed by atoms with Crippen molar-refractivity contribution in [1.82, 2.24) is 24.6 Å². The summed E-state index contributed by atoms with van der Waals surface area (Å²) >= 11 is 0. The third-order valence-electron chi connectivity index (χ3n) is 4.72. The van der Waals surface area contributed by atoms with Gasteiger partial charge in [-0.2, -0.15) is 4.31 Å². The van der Waals surface area contributed by atoms with Gasteiger partial charge in [0, 0.05) is 25.3 Å². The number of urea groups is 1. The number of fused-ring (bicyclic) bond motifs is 1. The normalized spacial score (nSPS) is 14.8. The number of ether oxygens (including phenoxy) is 1. The largest absolute Gasteiger partial charge is 0.379 e. The van der Waals surface area contributed by atoms with Gasteiger partial charge < -0.3 is 15.4 Å². The van der Waals surface area contributed by atoms with Crippen LogP contribution in [0.25, 0.3) is 11.2 Å². The van der Waals surface area contributed by atoms with E-state index in [4.69, 9.17) is 4.74 Å². The Morgan fingerprint density at radius 2 is 1.78 bits per heavy atom. The Labute approximate surface area is 185 Å². The number of benzene rings is 1. The Kier molecular flexibility index (Phi) is 6.44. The van der Waals surface area contributed by atoms with Gasteiger partial charge in [-0.05, 0) is 43.3 Å². The monoisotopic (exact) mass is 457 g/mol. The average Bonchev–Trinajstić information content (AvgIpc) is 2.80. The zero-order valence-corrected chi connectivity index (χ0v) is 18.2. The van der Waals surface area contributed by atoms with E-state index in [0.717, 1.165) is 0 Å². The van der Waals surface area contributed by atoms with Gasteiger partial charge in [0.25, 0.3) is 0 Å². The van der Waals surface area contributed by atoms with Crippen molar-refractivity contribution >= 4 is 44.5 Å². The smallest absolute Gasteiger partial charge is 0.320 e. The van der Waals surface area contributed by atoms with Crippen LogP contribution in [0.5, 0.6) is 0 Å². The number of nitrogens with one attached hydrogen (secondary N) is 3. The molecule has 2 aromatic heterocycles. The van der Waals surface area contributed by atoms with Crippen molar-refractivity contribution in [2.75, 3.05) is 43.5 Å². The predicted molar refractivity (Wildman–Crippen MR) is 119 cm³/mol. The second-order valence-corrected chi connectivity index (χ2v) is 8.88. The lowest BCUT2D eigenvalue weighted by Gasteiger charge is -2.26. The first kappa shape index (κ1) is 21.9. The van der Waals surface area contributed by atoms with Gasteiger partial charge in [-0.3, -0.25) is 5.32 Å². The molecule has 0 aliphatic carbocycles. The number of hydrogen-bond donors (Lipinski definition) is 3. The van der Waals surface area contributed by atoms with Gasteiger partial charge in [0.1, 0.15) is 11.3 Å². The Hall–Kier alpha value is -3.35. The van der Waals surface area contributed by atoms with E-state index in [1.165, 1.54) is 4.31 Å². The third kappa shape index (κ3) is 4.93. The number of nitrogens with zero attached hydrogens (tertiary/aromatic N) is 4. The number of amides is 2. The molecule has 1 aliphatic rings. The van der Waals surface area contributed by atoms with Gasteiger partial charge in [0.05, 0.1) is 24.3 Å². The molecule has 3 aromatic rings. The quantitative estimate of drug-likeness (QED) is 0.510. The van der Waals surface area contributed by atoms with E-state index in [9.17, 15) is 13.2 Å². The second kappa shape index (κ2) is 9.42. The van der Waals surface area contributed by atoms with Crippen LogP contribution in [0.15, 0.2) is 47.5 Å². The van der Waals surface area contributed by atoms with Crippen LogP contribution in [0.3, 0.4) is 0 Å². The topological polar surface area (TPSA) is 138 Å². The lowest BCUT2D eigenvalue weighted by atomic mass is 10.3. The molecule has 32 heavy (non-hydrogen) atoms. The molecule has 1 fully saturated rings. The molecule has 4 rings (SSSR count). The number of pyridine rings is 1. The first-order valence-electron chi connectivity index (χ1n) is 10.1. The fourth-order valence-electron chi connectivity index (χ4n) is 3.14. The highest BCUT2D eigenvalue weighted by molar-refractivity contribution is 7.89. The molecule has 3 N–H and O–H groups in total. The first-order chi connectivity index (χ1) is 15.5. The van der Waals surface area contributed by atoms with Crippen molar-refractivity contribution in [3.63, 3.8) is 0 Å². The minimum absolute atomic E-state index is 0.220. The van der Waals surface area contributed by atoms with Gasteiger partial charge in [-0.25, -0.2) is 28.2 Å². The molecule has 1 saturated heterocycles. The van der Waals surface area contributed by atoms with Crippen molar-refractivity contribution < 1.29 is 17.9 Å². The van der Waals surface area contributed by atoms with Crippen molar-refractivity contribution in [2.24, 2.45) is 0 Å². The molecule has 1 aromatic carbocycles. The molecule has 2 amide bonds. The van der Waals surface area contributed by atoms with E-state index in [1.54, 1.807) is 42.6 Å². The van der Waals surface area contributed by atoms with Crippen LogP contribution in [-0.2, 0) is 14.8 Å². The molecule has 3 heterocycles. The van der Waals surface area contributed by atoms with Crippen LogP contribution in [0.2, 0.25) is 0 Å². The SMILES string of the molecule is CCNC(=O)Nc1ccc2ncc(Nc3ccc(S(=O)(=O)N4CCOCC4)cc3)nc2n1. The zero-order chi connectivity index (χ0) is 22.6. The van der Waals surface area contributed by atoms with Crippen LogP contribution in [-0.4, -0.2) is 66.6 Å². The number of anilines is 3. The first-order valence-corrected chi connectivity index (χ1v) is 11.5. The highest BCUT2D eigenvalue weighted by Crippen LogP contribution is 2.22. The third-order valence-corrected chi connectivity index (χ3v) is 6.63. The van der Waals surface area contributed by atoms with Gasteiger partial charge >= 0.3 is 6.03 Å². The Balaban J connectivity index is 1.49. The summed E-state index contributed by atoms with van der Waals surface area (Å²) in [7, 11) is -3.55. The van der Waals surface area contributed by atoms with Gasteiger partial charge in [-0.1, -0.05) is 0 Å². The minimum Gasteiger partial charge on any atom is -0.379 e. The standard InChI is InChI=1S/C20H23N7O4S/c1-2-21-20(28)26-17-8-7-16-19(24-17)25-18(13-22-16)23-14-3-5-15(6-4-14)32(29,30)27-9-11-31-12-10-27/h3-8,13H,2,9-12H2,1H3,(H3,21,23,24,25,26,28). The van der Waals surface area contributed by atoms with Crippen LogP contribution >= 0.6 is 0 Å². The van der Waals surface area contributed by atoms with Crippen LogP contribution in [0.4, 0.5) is 22.1 Å². The molecule has 0 bridgehead atoms. The van der Waals surface area contributed by atoms with Gasteiger partial charge in [0.15, 0.2) is 11.5 Å². The molecule has 0 atom stereocenters. The maximum atomic E-state index is 12.7. The van der Waals surface area contributed by atoms with Crippen molar-refractivity contribution in [3.05, 3.63) is 42.6 Å². The van der Waals surface area contributed by atoms with E-state index in [0.29, 0.717) is 61.3 Å². The summed E-state index contributed by atoms with van der Waals surface area (Å²) in [6, 6.07) is 9.44. The van der Waals surface area contributed by atoms with Crippen LogP contribution in [0.1, 0.15) is 6.92 Å². The van der Waals surface area contributed by atoms with E-state index in [2.05, 4.69) is 30.9 Å². The summed E-state index contributed by atoms with van der Waals surface area (Å²) in [6.45, 7) is 3.81. The lowest BCUT2D eigenvalue weighted by Crippen LogP contribution is -2.40. The zero-order valence-electron chi connectivity index (χ0n) is 17.4. The summed E-state index contributed by atoms with van der Waals surface area (Å²) in [5.74, 6) is 0.788. The van der Waals surface area contributed by atoms with Crippen molar-refractivity contribution in [3.8, 4) is 0 Å². The van der Waals surface area contributed by atoms with Crippen molar-refractivity contribution in [2.45, 2.75) is 11.8 Å². The highest BCUT2D eigenvalue weighted by atomic mass is 32.2. The van der Waals surface area contributed by atoms with E-state index >= 15 is 0 Å². The molecule has 0 saturated carbocycles. The second-order valence-electron chi connectivity index (χ2n) is 6.94. The summed E-state index contributed by atoms with van der Waals surface area (Å²) in [4.78, 5) is 25.0. The average molecular weight is 458 g/mol. The number of carbonyl (C=O) groups excluding carboxylic acids is 1. The Morgan fingerprint density at radius 3 is 2.50 bits per heavy atom. The number of rotatable bonds is 6. The Morgan fingerprint density at radius 1 is 1.06 bits per heavy atom. The predicted octanol–water partition coefficient (Wildman–Crippen LogP) is 1.93. The Bertz CT molecular complexity index is 1210. The summed E-state index contributed by atoms with van der Waals surface area (Å²) in [6.07, 6.45) is 1.55. The number of carbonyl (C=O) groups is 1. The van der Waals surface area contributed by atoms with Crippen LogP contribution < -0.4 is 16.0 Å². The number of hydrogen-bond acceptors (Lipinski definition) is 8. The maximum Gasteiger partial charge on any atom is 0.320 e. The fourth-order valence-corrected chi connectivity index (χ4v) is 4.55. The van der Waals surface area contributed by atoms with Crippen LogP contribution in [0, 0.1) is 0 Å². The van der Waals surface area contributed by atoms with E-state index in [1.807, 2.05) is 6.92 Å². The van der Waals surface area contributed by atoms with E-state index in [-0.39, 0.29) is 10.9 Å². The molecular weight excluding hydrogens is 434 g/mol. The number of morpholine rings is 1. The molecular formula is C20H23N7O4S. The molecule has 1 aliphatic heterocycles. The molecule has 168 valence electrons. The fraction of sp³-hybridized carbons (Fsp3) is 0.300. The highest BCUT2D eigenvalue weighted by Gasteiger charge is 2.26. The summed E-state index contributed by atoms with van der Waals surface area (Å²) in [5, 5.41) is 8.36.